The van der Waals surface area contributed by atoms with Crippen molar-refractivity contribution >= 4 is 52.9 Å². The predicted molar refractivity (Wildman–Crippen MR) is 141 cm³/mol. The van der Waals surface area contributed by atoms with Crippen LogP contribution in [0.1, 0.15) is 38.2 Å². The summed E-state index contributed by atoms with van der Waals surface area (Å²) in [5.74, 6) is 0.971. The molecule has 1 aliphatic rings. The molecule has 0 saturated carbocycles. The van der Waals surface area contributed by atoms with Gasteiger partial charge in [0, 0.05) is 35.9 Å². The van der Waals surface area contributed by atoms with Gasteiger partial charge in [-0.15, -0.1) is 24.8 Å². The molecule has 1 aliphatic heterocycles. The molecule has 192 valence electrons. The van der Waals surface area contributed by atoms with E-state index in [4.69, 9.17) is 16.5 Å². The second kappa shape index (κ2) is 12.0. The van der Waals surface area contributed by atoms with Crippen molar-refractivity contribution in [3.05, 3.63) is 42.0 Å². The molecule has 2 aromatic carbocycles. The molecule has 35 heavy (non-hydrogen) atoms. The topological polar surface area (TPSA) is 93.1 Å². The van der Waals surface area contributed by atoms with Crippen molar-refractivity contribution in [3.63, 3.8) is 0 Å². The number of nitrogens with two attached hydrogens (primary N) is 2. The fourth-order valence-corrected chi connectivity index (χ4v) is 4.32. The van der Waals surface area contributed by atoms with Gasteiger partial charge in [-0.05, 0) is 43.7 Å². The summed E-state index contributed by atoms with van der Waals surface area (Å²) in [6.07, 6.45) is -0.00102. The number of nitrogens with one attached hydrogen (secondary N) is 1. The molecule has 0 spiro atoms. The van der Waals surface area contributed by atoms with Crippen LogP contribution in [0.15, 0.2) is 36.4 Å². The first-order valence-electron chi connectivity index (χ1n) is 11.3. The van der Waals surface area contributed by atoms with E-state index < -0.39 is 11.7 Å². The molecule has 1 fully saturated rings. The number of anilines is 3. The Hall–Kier alpha value is -2.49. The number of nitrogen functional groups attached to an aromatic ring is 2. The summed E-state index contributed by atoms with van der Waals surface area (Å²) in [4.78, 5) is 11.5. The molecule has 0 radical (unpaired) electrons. The van der Waals surface area contributed by atoms with E-state index in [1.54, 1.807) is 0 Å². The average molecular weight is 531 g/mol. The van der Waals surface area contributed by atoms with Crippen molar-refractivity contribution in [2.24, 2.45) is 0 Å². The Kier molecular flexibility index (Phi) is 9.83. The minimum absolute atomic E-state index is 0. The second-order valence-electron chi connectivity index (χ2n) is 8.51. The van der Waals surface area contributed by atoms with E-state index in [0.29, 0.717) is 11.6 Å². The number of hydrogen-bond donors (Lipinski definition) is 3. The Bertz CT molecular complexity index is 1120. The molecule has 6 nitrogen and oxygen atoms in total. The van der Waals surface area contributed by atoms with Gasteiger partial charge in [0.25, 0.3) is 0 Å². The summed E-state index contributed by atoms with van der Waals surface area (Å²) >= 11 is 0. The van der Waals surface area contributed by atoms with E-state index in [-0.39, 0.29) is 47.6 Å². The van der Waals surface area contributed by atoms with Crippen LogP contribution in [-0.2, 0) is 6.18 Å². The maximum Gasteiger partial charge on any atom is 0.416 e. The smallest absolute Gasteiger partial charge is 0.398 e. The normalized spacial score (nSPS) is 15.7. The van der Waals surface area contributed by atoms with Gasteiger partial charge in [-0.1, -0.05) is 31.9 Å². The predicted octanol–water partition coefficient (Wildman–Crippen LogP) is 5.68. The van der Waals surface area contributed by atoms with Crippen molar-refractivity contribution in [1.82, 2.24) is 15.3 Å². The first-order valence-corrected chi connectivity index (χ1v) is 11.3. The molecule has 0 aliphatic carbocycles. The lowest BCUT2D eigenvalue weighted by Crippen LogP contribution is -2.33. The molecule has 4 rings (SSSR count). The summed E-state index contributed by atoms with van der Waals surface area (Å²) in [7, 11) is 0. The van der Waals surface area contributed by atoms with Crippen LogP contribution in [0, 0.1) is 0 Å². The number of benzene rings is 2. The van der Waals surface area contributed by atoms with Gasteiger partial charge in [-0.3, -0.25) is 0 Å². The van der Waals surface area contributed by atoms with Crippen LogP contribution < -0.4 is 21.7 Å². The number of fused-ring (bicyclic) bond motifs is 1. The highest BCUT2D eigenvalue weighted by atomic mass is 35.5. The van der Waals surface area contributed by atoms with Crippen LogP contribution >= 0.6 is 24.8 Å². The Morgan fingerprint density at radius 2 is 1.74 bits per heavy atom. The van der Waals surface area contributed by atoms with Gasteiger partial charge in [0.05, 0.1) is 16.6 Å². The van der Waals surface area contributed by atoms with Gasteiger partial charge < -0.3 is 21.7 Å². The molecule has 5 N–H and O–H groups in total. The lowest BCUT2D eigenvalue weighted by molar-refractivity contribution is -0.137. The van der Waals surface area contributed by atoms with Crippen molar-refractivity contribution in [2.75, 3.05) is 36.0 Å². The highest BCUT2D eigenvalue weighted by molar-refractivity contribution is 5.93. The van der Waals surface area contributed by atoms with E-state index in [1.807, 2.05) is 24.3 Å². The number of halogens is 5. The molecule has 11 heteroatoms. The van der Waals surface area contributed by atoms with Crippen LogP contribution in [0.25, 0.3) is 22.3 Å². The standard InChI is InChI=1S/C24H29F3N6.2ClH/c1-2-3-6-10-30-16-9-11-33(14-16)23-17-7-4-5-8-20(17)31-22(32-23)21-18(28)12-15(13-19(21)29)24(25,26)27;;/h4-5,7-8,12-13,16,30H,2-3,6,9-11,14,28-29H2,1H3;2*1H. The van der Waals surface area contributed by atoms with Gasteiger partial charge >= 0.3 is 6.18 Å². The van der Waals surface area contributed by atoms with Crippen LogP contribution in [0.2, 0.25) is 0 Å². The van der Waals surface area contributed by atoms with E-state index in [2.05, 4.69) is 22.1 Å². The molecule has 1 aromatic heterocycles. The molecular weight excluding hydrogens is 500 g/mol. The van der Waals surface area contributed by atoms with Gasteiger partial charge in [-0.2, -0.15) is 13.2 Å². The van der Waals surface area contributed by atoms with Gasteiger partial charge in [0.1, 0.15) is 5.82 Å². The third-order valence-electron chi connectivity index (χ3n) is 6.03. The lowest BCUT2D eigenvalue weighted by Gasteiger charge is -2.21. The monoisotopic (exact) mass is 530 g/mol. The van der Waals surface area contributed by atoms with Crippen LogP contribution in [0.4, 0.5) is 30.4 Å². The maximum absolute atomic E-state index is 13.2. The molecule has 3 aromatic rings. The first-order chi connectivity index (χ1) is 15.8. The van der Waals surface area contributed by atoms with E-state index in [1.165, 1.54) is 12.8 Å². The number of unbranched alkanes of at least 4 members (excludes halogenated alkanes) is 2. The highest BCUT2D eigenvalue weighted by Gasteiger charge is 2.32. The third kappa shape index (κ3) is 6.39. The molecule has 0 amide bonds. The second-order valence-corrected chi connectivity index (χ2v) is 8.51. The lowest BCUT2D eigenvalue weighted by atomic mass is 10.0. The van der Waals surface area contributed by atoms with Gasteiger partial charge in [0.2, 0.25) is 0 Å². The van der Waals surface area contributed by atoms with Crippen molar-refractivity contribution in [3.8, 4) is 11.4 Å². The molecule has 0 bridgehead atoms. The Morgan fingerprint density at radius 3 is 2.40 bits per heavy atom. The largest absolute Gasteiger partial charge is 0.416 e. The Balaban J connectivity index is 0.00000216. The van der Waals surface area contributed by atoms with Crippen LogP contribution in [-0.4, -0.2) is 35.6 Å². The SMILES string of the molecule is CCCCCNC1CCN(c2nc(-c3c(N)cc(C(F)(F)F)cc3N)nc3ccccc23)C1.Cl.Cl. The maximum atomic E-state index is 13.2. The molecule has 1 saturated heterocycles. The number of hydrogen-bond acceptors (Lipinski definition) is 6. The molecule has 1 atom stereocenters. The summed E-state index contributed by atoms with van der Waals surface area (Å²) in [5.41, 5.74) is 11.9. The van der Waals surface area contributed by atoms with E-state index in [9.17, 15) is 13.2 Å². The number of rotatable bonds is 7. The number of nitrogens with zero attached hydrogens (tertiary/aromatic N) is 3. The number of para-hydroxylation sites is 1. The van der Waals surface area contributed by atoms with Crippen molar-refractivity contribution in [2.45, 2.75) is 44.8 Å². The quantitative estimate of drug-likeness (QED) is 0.268. The molecule has 1 unspecified atom stereocenters. The summed E-state index contributed by atoms with van der Waals surface area (Å²) < 4.78 is 39.5. The van der Waals surface area contributed by atoms with Gasteiger partial charge in [-0.25, -0.2) is 9.97 Å². The van der Waals surface area contributed by atoms with Crippen molar-refractivity contribution < 1.29 is 13.2 Å². The minimum Gasteiger partial charge on any atom is -0.398 e. The summed E-state index contributed by atoms with van der Waals surface area (Å²) in [6.45, 7) is 4.79. The molecule has 2 heterocycles. The fraction of sp³-hybridized carbons (Fsp3) is 0.417. The Labute approximate surface area is 215 Å². The molecular formula is C24H31Cl2F3N6. The summed E-state index contributed by atoms with van der Waals surface area (Å²) in [6, 6.07) is 9.73. The zero-order valence-electron chi connectivity index (χ0n) is 19.4. The first kappa shape index (κ1) is 28.7. The van der Waals surface area contributed by atoms with E-state index >= 15 is 0 Å². The average Bonchev–Trinajstić information content (AvgIpc) is 3.24. The van der Waals surface area contributed by atoms with E-state index in [0.717, 1.165) is 55.8 Å². The fourth-order valence-electron chi connectivity index (χ4n) is 4.32. The Morgan fingerprint density at radius 1 is 1.06 bits per heavy atom. The van der Waals surface area contributed by atoms with Crippen LogP contribution in [0.5, 0.6) is 0 Å². The number of aromatic nitrogens is 2. The summed E-state index contributed by atoms with van der Waals surface area (Å²) in [5, 5.41) is 4.50. The van der Waals surface area contributed by atoms with Crippen LogP contribution in [0.3, 0.4) is 0 Å². The van der Waals surface area contributed by atoms with Gasteiger partial charge in [0.15, 0.2) is 5.82 Å². The zero-order valence-corrected chi connectivity index (χ0v) is 21.1. The zero-order chi connectivity index (χ0) is 23.6. The highest BCUT2D eigenvalue weighted by Crippen LogP contribution is 2.39. The third-order valence-corrected chi connectivity index (χ3v) is 6.03. The van der Waals surface area contributed by atoms with Crippen molar-refractivity contribution in [1.29, 1.82) is 0 Å². The number of alkyl halides is 3. The minimum atomic E-state index is -4.54.